The molecule has 4 N–H and O–H groups in total. The zero-order valence-electron chi connectivity index (χ0n) is 15.2. The summed E-state index contributed by atoms with van der Waals surface area (Å²) in [6.45, 7) is 3.97. The number of phenolic OH excluding ortho intramolecular Hbond substituents is 1. The van der Waals surface area contributed by atoms with E-state index in [-0.39, 0.29) is 5.56 Å². The summed E-state index contributed by atoms with van der Waals surface area (Å²) in [5, 5.41) is 10.1. The van der Waals surface area contributed by atoms with Gasteiger partial charge in [-0.25, -0.2) is 4.98 Å². The van der Waals surface area contributed by atoms with Gasteiger partial charge in [0.15, 0.2) is 0 Å². The Bertz CT molecular complexity index is 1040. The average molecular weight is 362 g/mol. The summed E-state index contributed by atoms with van der Waals surface area (Å²) < 4.78 is 0. The molecule has 0 saturated heterocycles. The number of fused-ring (bicyclic) bond motifs is 1. The van der Waals surface area contributed by atoms with Gasteiger partial charge in [-0.1, -0.05) is 17.7 Å². The first-order chi connectivity index (χ1) is 13.0. The molecule has 0 aliphatic carbocycles. The number of H-pyrrole nitrogens is 1. The number of nitrogens with one attached hydrogen (secondary N) is 1. The first kappa shape index (κ1) is 17.3. The molecule has 0 fully saturated rings. The van der Waals surface area contributed by atoms with E-state index in [9.17, 15) is 9.90 Å². The molecular weight excluding hydrogens is 340 g/mol. The van der Waals surface area contributed by atoms with Gasteiger partial charge >= 0.3 is 0 Å². The summed E-state index contributed by atoms with van der Waals surface area (Å²) in [5.74, 6) is 0.854. The lowest BCUT2D eigenvalue weighted by molar-refractivity contribution is 0.237. The molecule has 4 rings (SSSR count). The third-order valence-electron chi connectivity index (χ3n) is 4.97. The van der Waals surface area contributed by atoms with Crippen LogP contribution in [0.1, 0.15) is 22.4 Å². The molecule has 3 aromatic rings. The zero-order chi connectivity index (χ0) is 19.0. The van der Waals surface area contributed by atoms with Crippen LogP contribution < -0.4 is 11.3 Å². The molecule has 0 saturated carbocycles. The highest BCUT2D eigenvalue weighted by atomic mass is 16.3. The van der Waals surface area contributed by atoms with Crippen molar-refractivity contribution in [3.8, 4) is 17.1 Å². The first-order valence-corrected chi connectivity index (χ1v) is 8.98. The number of benzene rings is 2. The highest BCUT2D eigenvalue weighted by Gasteiger charge is 2.22. The second-order valence-corrected chi connectivity index (χ2v) is 7.05. The number of aryl methyl sites for hydroxylation is 1. The summed E-state index contributed by atoms with van der Waals surface area (Å²) in [5.41, 5.74) is 10.7. The van der Waals surface area contributed by atoms with Crippen LogP contribution in [0.3, 0.4) is 0 Å². The highest BCUT2D eigenvalue weighted by molar-refractivity contribution is 5.58. The number of aromatic hydroxyl groups is 1. The first-order valence-electron chi connectivity index (χ1n) is 8.98. The van der Waals surface area contributed by atoms with Crippen molar-refractivity contribution < 1.29 is 5.11 Å². The molecule has 1 aliphatic heterocycles. The summed E-state index contributed by atoms with van der Waals surface area (Å²) >= 11 is 0. The third-order valence-corrected chi connectivity index (χ3v) is 4.97. The number of aromatic nitrogens is 2. The van der Waals surface area contributed by atoms with Crippen LogP contribution in [-0.2, 0) is 19.5 Å². The van der Waals surface area contributed by atoms with Gasteiger partial charge in [-0.05, 0) is 43.7 Å². The summed E-state index contributed by atoms with van der Waals surface area (Å²) in [6.07, 6.45) is 0.645. The maximum atomic E-state index is 12.5. The van der Waals surface area contributed by atoms with Crippen LogP contribution in [0.25, 0.3) is 11.4 Å². The Morgan fingerprint density at radius 1 is 1.22 bits per heavy atom. The molecule has 0 spiro atoms. The fourth-order valence-electron chi connectivity index (χ4n) is 3.49. The van der Waals surface area contributed by atoms with Crippen molar-refractivity contribution in [2.45, 2.75) is 26.4 Å². The fraction of sp³-hybridized carbons (Fsp3) is 0.238. The van der Waals surface area contributed by atoms with Crippen LogP contribution in [0.5, 0.6) is 5.75 Å². The molecule has 0 amide bonds. The van der Waals surface area contributed by atoms with Gasteiger partial charge in [0.25, 0.3) is 5.56 Å². The number of hydrogen-bond acceptors (Lipinski definition) is 5. The summed E-state index contributed by atoms with van der Waals surface area (Å²) in [7, 11) is 0. The van der Waals surface area contributed by atoms with E-state index in [1.54, 1.807) is 18.2 Å². The van der Waals surface area contributed by atoms with Crippen LogP contribution in [-0.4, -0.2) is 26.5 Å². The molecule has 6 nitrogen and oxygen atoms in total. The van der Waals surface area contributed by atoms with E-state index in [1.165, 1.54) is 0 Å². The Kier molecular flexibility index (Phi) is 4.41. The van der Waals surface area contributed by atoms with Crippen LogP contribution in [0, 0.1) is 6.92 Å². The molecule has 27 heavy (non-hydrogen) atoms. The van der Waals surface area contributed by atoms with E-state index in [0.29, 0.717) is 36.8 Å². The van der Waals surface area contributed by atoms with E-state index in [1.807, 2.05) is 31.2 Å². The fourth-order valence-corrected chi connectivity index (χ4v) is 3.49. The number of phenols is 1. The smallest absolute Gasteiger partial charge is 0.254 e. The lowest BCUT2D eigenvalue weighted by atomic mass is 10.0. The highest BCUT2D eigenvalue weighted by Crippen LogP contribution is 2.24. The number of aromatic amines is 1. The molecule has 1 aromatic heterocycles. The predicted octanol–water partition coefficient (Wildman–Crippen LogP) is 2.59. The maximum absolute atomic E-state index is 12.5. The van der Waals surface area contributed by atoms with E-state index < -0.39 is 0 Å². The molecule has 0 unspecified atom stereocenters. The van der Waals surface area contributed by atoms with Crippen molar-refractivity contribution in [2.24, 2.45) is 0 Å². The van der Waals surface area contributed by atoms with E-state index >= 15 is 0 Å². The third kappa shape index (κ3) is 3.57. The molecule has 0 atom stereocenters. The number of nitrogen functional groups attached to an aromatic ring is 1. The normalized spacial score (nSPS) is 14.1. The lowest BCUT2D eigenvalue weighted by Crippen LogP contribution is -2.35. The summed E-state index contributed by atoms with van der Waals surface area (Å²) in [6, 6.07) is 12.9. The van der Waals surface area contributed by atoms with Gasteiger partial charge in [0.2, 0.25) is 0 Å². The minimum Gasteiger partial charge on any atom is -0.508 e. The average Bonchev–Trinajstić information content (AvgIpc) is 2.65. The largest absolute Gasteiger partial charge is 0.508 e. The van der Waals surface area contributed by atoms with Crippen LogP contribution in [0.2, 0.25) is 0 Å². The minimum absolute atomic E-state index is 0.0788. The summed E-state index contributed by atoms with van der Waals surface area (Å²) in [4.78, 5) is 22.3. The van der Waals surface area contributed by atoms with Gasteiger partial charge in [-0.3, -0.25) is 9.69 Å². The van der Waals surface area contributed by atoms with Gasteiger partial charge in [-0.15, -0.1) is 0 Å². The molecule has 0 bridgehead atoms. The second-order valence-electron chi connectivity index (χ2n) is 7.05. The Hall–Kier alpha value is -3.12. The predicted molar refractivity (Wildman–Crippen MR) is 105 cm³/mol. The Morgan fingerprint density at radius 3 is 2.78 bits per heavy atom. The monoisotopic (exact) mass is 362 g/mol. The van der Waals surface area contributed by atoms with Crippen LogP contribution >= 0.6 is 0 Å². The van der Waals surface area contributed by atoms with E-state index in [4.69, 9.17) is 10.7 Å². The number of hydrogen-bond donors (Lipinski definition) is 3. The molecule has 138 valence electrons. The van der Waals surface area contributed by atoms with E-state index in [2.05, 4.69) is 9.88 Å². The molecule has 2 aromatic carbocycles. The quantitative estimate of drug-likeness (QED) is 0.623. The van der Waals surface area contributed by atoms with Crippen molar-refractivity contribution in [2.75, 3.05) is 12.3 Å². The lowest BCUT2D eigenvalue weighted by Gasteiger charge is -2.28. The van der Waals surface area contributed by atoms with Crippen molar-refractivity contribution in [3.63, 3.8) is 0 Å². The van der Waals surface area contributed by atoms with E-state index in [0.717, 1.165) is 34.5 Å². The number of nitrogens with zero attached hydrogens (tertiary/aromatic N) is 2. The van der Waals surface area contributed by atoms with Gasteiger partial charge in [0.05, 0.1) is 5.69 Å². The topological polar surface area (TPSA) is 95.2 Å². The molecular formula is C21H22N4O2. The van der Waals surface area contributed by atoms with Crippen molar-refractivity contribution in [3.05, 3.63) is 75.2 Å². The SMILES string of the molecule is Cc1ccc(O)c(CN2CCc3c(nc(-c4ccc(N)cc4)[nH]c3=O)C2)c1. The van der Waals surface area contributed by atoms with Crippen LogP contribution in [0.15, 0.2) is 47.3 Å². The number of nitrogens with two attached hydrogens (primary N) is 1. The van der Waals surface area contributed by atoms with Gasteiger partial charge < -0.3 is 15.8 Å². The second kappa shape index (κ2) is 6.89. The molecule has 2 heterocycles. The standard InChI is InChI=1S/C21H22N4O2/c1-13-2-7-19(26)15(10-13)11-25-9-8-17-18(12-25)23-20(24-21(17)27)14-3-5-16(22)6-4-14/h2-7,10,26H,8-9,11-12,22H2,1H3,(H,23,24,27). The minimum atomic E-state index is -0.0788. The molecule has 1 aliphatic rings. The zero-order valence-corrected chi connectivity index (χ0v) is 15.2. The van der Waals surface area contributed by atoms with Crippen molar-refractivity contribution >= 4 is 5.69 Å². The number of anilines is 1. The van der Waals surface area contributed by atoms with Crippen molar-refractivity contribution in [1.82, 2.24) is 14.9 Å². The number of rotatable bonds is 3. The van der Waals surface area contributed by atoms with Crippen LogP contribution in [0.4, 0.5) is 5.69 Å². The van der Waals surface area contributed by atoms with Gasteiger partial charge in [0, 0.05) is 42.0 Å². The van der Waals surface area contributed by atoms with Gasteiger partial charge in [0.1, 0.15) is 11.6 Å². The Balaban J connectivity index is 1.62. The Labute approximate surface area is 157 Å². The molecule has 0 radical (unpaired) electrons. The molecule has 6 heteroatoms. The van der Waals surface area contributed by atoms with Gasteiger partial charge in [-0.2, -0.15) is 0 Å². The Morgan fingerprint density at radius 2 is 2.00 bits per heavy atom. The maximum Gasteiger partial charge on any atom is 0.254 e. The van der Waals surface area contributed by atoms with Crippen molar-refractivity contribution in [1.29, 1.82) is 0 Å².